The monoisotopic (exact) mass is 451 g/mol. The highest BCUT2D eigenvalue weighted by Crippen LogP contribution is 2.55. The number of carbonyl (C=O) groups is 1. The van der Waals surface area contributed by atoms with Gasteiger partial charge in [0.15, 0.2) is 11.5 Å². The molecule has 0 fully saturated rings. The van der Waals surface area contributed by atoms with Gasteiger partial charge in [0.2, 0.25) is 0 Å². The first-order valence-electron chi connectivity index (χ1n) is 11.6. The Morgan fingerprint density at radius 1 is 1.24 bits per heavy atom. The summed E-state index contributed by atoms with van der Waals surface area (Å²) in [6, 6.07) is 14.1. The van der Waals surface area contributed by atoms with Crippen LogP contribution in [0.15, 0.2) is 54.6 Å². The molecule has 176 valence electrons. The van der Waals surface area contributed by atoms with Gasteiger partial charge in [0.05, 0.1) is 18.6 Å². The van der Waals surface area contributed by atoms with Crippen LogP contribution in [0.2, 0.25) is 0 Å². The largest absolute Gasteiger partial charge is 0.493 e. The van der Waals surface area contributed by atoms with Gasteiger partial charge in [-0.1, -0.05) is 48.6 Å². The molecule has 2 aromatic rings. The van der Waals surface area contributed by atoms with Crippen molar-refractivity contribution in [2.24, 2.45) is 0 Å². The summed E-state index contributed by atoms with van der Waals surface area (Å²) >= 11 is 0. The van der Waals surface area contributed by atoms with Crippen molar-refractivity contribution in [3.8, 4) is 11.5 Å². The lowest BCUT2D eigenvalue weighted by Gasteiger charge is -2.35. The van der Waals surface area contributed by atoms with Gasteiger partial charge in [0, 0.05) is 24.9 Å². The summed E-state index contributed by atoms with van der Waals surface area (Å²) in [4.78, 5) is 12.5. The zero-order chi connectivity index (χ0) is 23.4. The number of nitrogens with zero attached hydrogens (tertiary/aromatic N) is 1. The third-order valence-corrected chi connectivity index (χ3v) is 6.85. The molecular weight excluding hydrogens is 418 g/mol. The number of methoxy groups -OCH3 is 1. The number of aliphatic hydroxyl groups is 1. The highest BCUT2D eigenvalue weighted by molar-refractivity contribution is 5.66. The molecule has 2 aromatic carbocycles. The maximum Gasteiger partial charge on any atom is 0.303 e. The third-order valence-electron chi connectivity index (χ3n) is 6.85. The zero-order valence-corrected chi connectivity index (χ0v) is 19.4. The molecule has 1 spiro atoms. The van der Waals surface area contributed by atoms with Crippen LogP contribution < -0.4 is 9.47 Å². The molecule has 2 heterocycles. The maximum atomic E-state index is 10.2. The molecule has 3 aliphatic rings. The Bertz CT molecular complexity index is 1010. The summed E-state index contributed by atoms with van der Waals surface area (Å²) in [5, 5.41) is 18.4. The summed E-state index contributed by atoms with van der Waals surface area (Å²) in [7, 11) is 3.84. The van der Waals surface area contributed by atoms with Gasteiger partial charge in [0.1, 0.15) is 6.10 Å². The summed E-state index contributed by atoms with van der Waals surface area (Å²) in [5.41, 5.74) is 3.69. The van der Waals surface area contributed by atoms with Crippen LogP contribution >= 0.6 is 0 Å². The van der Waals surface area contributed by atoms with Crippen LogP contribution in [0, 0.1) is 0 Å². The van der Waals surface area contributed by atoms with Crippen molar-refractivity contribution in [2.45, 2.75) is 56.3 Å². The van der Waals surface area contributed by atoms with Crippen LogP contribution in [-0.4, -0.2) is 54.0 Å². The fraction of sp³-hybridized carbons (Fsp3) is 0.444. The Morgan fingerprint density at radius 2 is 2.03 bits per heavy atom. The maximum absolute atomic E-state index is 10.2. The van der Waals surface area contributed by atoms with E-state index in [1.165, 1.54) is 16.7 Å². The number of aliphatic carboxylic acids is 1. The number of aryl methyl sites for hydroxylation is 1. The molecule has 0 saturated carbocycles. The second kappa shape index (κ2) is 9.98. The summed E-state index contributed by atoms with van der Waals surface area (Å²) in [6.45, 7) is 1.96. The van der Waals surface area contributed by atoms with E-state index in [1.54, 1.807) is 7.11 Å². The Labute approximate surface area is 195 Å². The van der Waals surface area contributed by atoms with E-state index in [4.69, 9.17) is 14.6 Å². The van der Waals surface area contributed by atoms with Gasteiger partial charge in [-0.2, -0.15) is 0 Å². The molecular formula is C27H33NO5. The number of carboxylic acid groups (broad SMARTS) is 1. The molecule has 0 unspecified atom stereocenters. The molecule has 6 nitrogen and oxygen atoms in total. The topological polar surface area (TPSA) is 79.2 Å². The van der Waals surface area contributed by atoms with Crippen LogP contribution in [0.4, 0.5) is 0 Å². The predicted molar refractivity (Wildman–Crippen MR) is 127 cm³/mol. The smallest absolute Gasteiger partial charge is 0.303 e. The van der Waals surface area contributed by atoms with E-state index in [0.717, 1.165) is 43.9 Å². The zero-order valence-electron chi connectivity index (χ0n) is 19.4. The van der Waals surface area contributed by atoms with Crippen molar-refractivity contribution in [3.05, 3.63) is 71.3 Å². The minimum Gasteiger partial charge on any atom is -0.493 e. The van der Waals surface area contributed by atoms with Crippen LogP contribution in [0.1, 0.15) is 42.4 Å². The summed E-state index contributed by atoms with van der Waals surface area (Å²) in [5.74, 6) is 0.968. The molecule has 3 atom stereocenters. The lowest BCUT2D eigenvalue weighted by molar-refractivity contribution is -0.137. The summed E-state index contributed by atoms with van der Waals surface area (Å²) < 4.78 is 11.8. The molecule has 0 saturated heterocycles. The minimum atomic E-state index is -0.717. The highest BCUT2D eigenvalue weighted by atomic mass is 16.5. The molecule has 5 rings (SSSR count). The predicted octanol–water partition coefficient (Wildman–Crippen LogP) is 3.94. The Balaban J connectivity index is 0.000000185. The van der Waals surface area contributed by atoms with E-state index >= 15 is 0 Å². The fourth-order valence-corrected chi connectivity index (χ4v) is 5.17. The average molecular weight is 452 g/mol. The highest BCUT2D eigenvalue weighted by Gasteiger charge is 2.52. The summed E-state index contributed by atoms with van der Waals surface area (Å²) in [6.07, 6.45) is 7.21. The van der Waals surface area contributed by atoms with E-state index in [0.29, 0.717) is 6.42 Å². The van der Waals surface area contributed by atoms with E-state index in [2.05, 4.69) is 24.1 Å². The number of hydrogen-bond acceptors (Lipinski definition) is 5. The van der Waals surface area contributed by atoms with Crippen LogP contribution in [0.25, 0.3) is 0 Å². The van der Waals surface area contributed by atoms with Gasteiger partial charge >= 0.3 is 5.97 Å². The van der Waals surface area contributed by atoms with Crippen LogP contribution in [-0.2, 0) is 23.2 Å². The number of rotatable bonds is 5. The van der Waals surface area contributed by atoms with Gasteiger partial charge in [-0.3, -0.25) is 4.79 Å². The average Bonchev–Trinajstić information content (AvgIpc) is 3.06. The molecule has 0 radical (unpaired) electrons. The second-order valence-electron chi connectivity index (χ2n) is 9.16. The molecule has 1 aliphatic carbocycles. The number of aliphatic hydroxyl groups excluding tert-OH is 1. The quantitative estimate of drug-likeness (QED) is 0.671. The van der Waals surface area contributed by atoms with Gasteiger partial charge < -0.3 is 24.6 Å². The molecule has 6 heteroatoms. The number of benzene rings is 2. The van der Waals surface area contributed by atoms with Crippen molar-refractivity contribution in [3.63, 3.8) is 0 Å². The van der Waals surface area contributed by atoms with Gasteiger partial charge in [-0.25, -0.2) is 0 Å². The van der Waals surface area contributed by atoms with Gasteiger partial charge in [-0.05, 0) is 50.0 Å². The van der Waals surface area contributed by atoms with Gasteiger partial charge in [-0.15, -0.1) is 0 Å². The van der Waals surface area contributed by atoms with Crippen molar-refractivity contribution < 1.29 is 24.5 Å². The van der Waals surface area contributed by atoms with Crippen LogP contribution in [0.5, 0.6) is 11.5 Å². The van der Waals surface area contributed by atoms with Gasteiger partial charge in [0.25, 0.3) is 0 Å². The molecule has 0 amide bonds. The second-order valence-corrected chi connectivity index (χ2v) is 9.16. The SMILES string of the molecule is COc1ccc2c3c1O[C@H]1C[C@@H](O)C=C[C@@]31CCN(C)C2.O=C(O)CCCc1ccccc1. The number of ether oxygens (including phenoxy) is 2. The first kappa shape index (κ1) is 23.3. The van der Waals surface area contributed by atoms with Crippen molar-refractivity contribution >= 4 is 5.97 Å². The molecule has 0 bridgehead atoms. The standard InChI is InChI=1S/C17H21NO3.C10H12O2/c1-18-8-7-17-6-5-12(19)9-14(17)21-16-13(20-2)4-3-11(10-18)15(16)17;11-10(12)8-4-7-9-5-2-1-3-6-9/h3-6,12,14,19H,7-10H2,1-2H3;1-3,5-6H,4,7-8H2,(H,11,12)/t12-,14-,17-;/m0./s1. The fourth-order valence-electron chi connectivity index (χ4n) is 5.17. The lowest BCUT2D eigenvalue weighted by Crippen LogP contribution is -2.42. The first-order valence-corrected chi connectivity index (χ1v) is 11.6. The van der Waals surface area contributed by atoms with Crippen molar-refractivity contribution in [1.29, 1.82) is 0 Å². The minimum absolute atomic E-state index is 0.00838. The third kappa shape index (κ3) is 4.92. The van der Waals surface area contributed by atoms with E-state index in [9.17, 15) is 9.90 Å². The van der Waals surface area contributed by atoms with Crippen molar-refractivity contribution in [2.75, 3.05) is 20.7 Å². The first-order chi connectivity index (χ1) is 15.9. The van der Waals surface area contributed by atoms with Crippen molar-refractivity contribution in [1.82, 2.24) is 4.90 Å². The Kier molecular flexibility index (Phi) is 7.05. The van der Waals surface area contributed by atoms with E-state index in [1.807, 2.05) is 42.5 Å². The lowest BCUT2D eigenvalue weighted by atomic mass is 9.69. The molecule has 33 heavy (non-hydrogen) atoms. The molecule has 2 N–H and O–H groups in total. The van der Waals surface area contributed by atoms with E-state index in [-0.39, 0.29) is 17.9 Å². The molecule has 2 aliphatic heterocycles. The number of carboxylic acids is 1. The molecule has 0 aromatic heterocycles. The van der Waals surface area contributed by atoms with Crippen LogP contribution in [0.3, 0.4) is 0 Å². The normalized spacial score (nSPS) is 25.1. The Morgan fingerprint density at radius 3 is 2.76 bits per heavy atom. The Hall–Kier alpha value is -2.83. The van der Waals surface area contributed by atoms with E-state index < -0.39 is 12.1 Å². The number of hydrogen-bond donors (Lipinski definition) is 2.